The number of hydrogen-bond acceptors (Lipinski definition) is 5. The van der Waals surface area contributed by atoms with Crippen LogP contribution in [0.25, 0.3) is 0 Å². The number of nitro groups is 1. The lowest BCUT2D eigenvalue weighted by molar-refractivity contribution is -0.384. The third-order valence-electron chi connectivity index (χ3n) is 3.95. The van der Waals surface area contributed by atoms with E-state index in [1.807, 2.05) is 0 Å². The van der Waals surface area contributed by atoms with Crippen molar-refractivity contribution in [2.45, 2.75) is 37.6 Å². The van der Waals surface area contributed by atoms with Gasteiger partial charge in [0.1, 0.15) is 5.69 Å². The number of nitrogens with one attached hydrogen (secondary N) is 1. The summed E-state index contributed by atoms with van der Waals surface area (Å²) in [5.41, 5.74) is -0.665. The van der Waals surface area contributed by atoms with Gasteiger partial charge in [-0.25, -0.2) is 4.79 Å². The highest BCUT2D eigenvalue weighted by molar-refractivity contribution is 5.90. The molecular formula is C14H18N2O5. The van der Waals surface area contributed by atoms with Crippen LogP contribution in [-0.2, 0) is 0 Å². The molecule has 0 heterocycles. The molecule has 7 heteroatoms. The summed E-state index contributed by atoms with van der Waals surface area (Å²) in [7, 11) is 0. The van der Waals surface area contributed by atoms with E-state index in [2.05, 4.69) is 5.32 Å². The molecule has 0 radical (unpaired) electrons. The molecule has 0 atom stereocenters. The molecular weight excluding hydrogens is 276 g/mol. The summed E-state index contributed by atoms with van der Waals surface area (Å²) in [5, 5.41) is 32.8. The van der Waals surface area contributed by atoms with Gasteiger partial charge in [0.05, 0.1) is 22.6 Å². The Balaban J connectivity index is 2.37. The van der Waals surface area contributed by atoms with Gasteiger partial charge in [-0.15, -0.1) is 0 Å². The van der Waals surface area contributed by atoms with Gasteiger partial charge >= 0.3 is 5.97 Å². The molecule has 0 bridgehead atoms. The minimum atomic E-state index is -1.14. The number of anilines is 1. The average molecular weight is 294 g/mol. The first-order valence-electron chi connectivity index (χ1n) is 6.88. The summed E-state index contributed by atoms with van der Waals surface area (Å²) in [6, 6.07) is 3.64. The highest BCUT2D eigenvalue weighted by Crippen LogP contribution is 2.35. The van der Waals surface area contributed by atoms with Crippen LogP contribution in [0.1, 0.15) is 42.5 Å². The summed E-state index contributed by atoms with van der Waals surface area (Å²) in [5.74, 6) is -1.14. The minimum Gasteiger partial charge on any atom is -0.478 e. The zero-order valence-electron chi connectivity index (χ0n) is 11.5. The first kappa shape index (κ1) is 15.2. The highest BCUT2D eigenvalue weighted by atomic mass is 16.6. The van der Waals surface area contributed by atoms with E-state index in [1.165, 1.54) is 18.2 Å². The molecule has 1 aromatic rings. The quantitative estimate of drug-likeness (QED) is 0.567. The summed E-state index contributed by atoms with van der Waals surface area (Å²) in [4.78, 5) is 21.6. The van der Waals surface area contributed by atoms with Gasteiger partial charge in [0, 0.05) is 6.07 Å². The van der Waals surface area contributed by atoms with Crippen LogP contribution in [-0.4, -0.2) is 33.3 Å². The van der Waals surface area contributed by atoms with Crippen molar-refractivity contribution in [1.82, 2.24) is 0 Å². The molecule has 0 aliphatic heterocycles. The Morgan fingerprint density at radius 2 is 2.00 bits per heavy atom. The molecule has 0 aromatic heterocycles. The predicted octanol–water partition coefficient (Wildman–Crippen LogP) is 2.40. The van der Waals surface area contributed by atoms with E-state index in [-0.39, 0.29) is 23.5 Å². The van der Waals surface area contributed by atoms with Gasteiger partial charge in [-0.05, 0) is 25.0 Å². The van der Waals surface area contributed by atoms with Gasteiger partial charge < -0.3 is 15.5 Å². The van der Waals surface area contributed by atoms with E-state index in [0.29, 0.717) is 12.8 Å². The third kappa shape index (κ3) is 3.30. The number of nitrogens with zero attached hydrogens (tertiary/aromatic N) is 1. The smallest absolute Gasteiger partial charge is 0.335 e. The van der Waals surface area contributed by atoms with Crippen LogP contribution in [0.2, 0.25) is 0 Å². The predicted molar refractivity (Wildman–Crippen MR) is 76.6 cm³/mol. The Bertz CT molecular complexity index is 552. The Morgan fingerprint density at radius 1 is 1.33 bits per heavy atom. The molecule has 2 rings (SSSR count). The second kappa shape index (κ2) is 6.09. The molecule has 3 N–H and O–H groups in total. The molecule has 21 heavy (non-hydrogen) atoms. The second-order valence-corrected chi connectivity index (χ2v) is 5.42. The van der Waals surface area contributed by atoms with Crippen molar-refractivity contribution >= 4 is 17.3 Å². The van der Waals surface area contributed by atoms with Crippen LogP contribution in [0.4, 0.5) is 11.4 Å². The molecule has 1 aromatic carbocycles. The van der Waals surface area contributed by atoms with Crippen molar-refractivity contribution in [2.75, 3.05) is 11.9 Å². The van der Waals surface area contributed by atoms with E-state index < -0.39 is 16.4 Å². The standard InChI is InChI=1S/C14H18N2O5/c17-9-14(6-2-1-3-7-14)15-11-8-10(13(18)19)4-5-12(11)16(20)21/h4-5,8,15,17H,1-3,6-7,9H2,(H,18,19). The molecule has 1 aliphatic carbocycles. The Morgan fingerprint density at radius 3 is 2.52 bits per heavy atom. The molecule has 0 spiro atoms. The summed E-state index contributed by atoms with van der Waals surface area (Å²) in [6.45, 7) is -0.137. The second-order valence-electron chi connectivity index (χ2n) is 5.42. The van der Waals surface area contributed by atoms with Crippen molar-refractivity contribution in [2.24, 2.45) is 0 Å². The number of benzene rings is 1. The number of aromatic carboxylic acids is 1. The zero-order valence-corrected chi connectivity index (χ0v) is 11.5. The highest BCUT2D eigenvalue weighted by Gasteiger charge is 2.33. The van der Waals surface area contributed by atoms with E-state index in [1.54, 1.807) is 0 Å². The number of carboxylic acids is 1. The number of hydrogen-bond donors (Lipinski definition) is 3. The zero-order chi connectivity index (χ0) is 15.5. The summed E-state index contributed by atoms with van der Waals surface area (Å²) in [6.07, 6.45) is 4.34. The normalized spacial score (nSPS) is 17.2. The average Bonchev–Trinajstić information content (AvgIpc) is 2.47. The summed E-state index contributed by atoms with van der Waals surface area (Å²) >= 11 is 0. The Kier molecular flexibility index (Phi) is 4.42. The van der Waals surface area contributed by atoms with Crippen LogP contribution < -0.4 is 5.32 Å². The van der Waals surface area contributed by atoms with Crippen LogP contribution in [0.5, 0.6) is 0 Å². The van der Waals surface area contributed by atoms with Crippen molar-refractivity contribution in [3.63, 3.8) is 0 Å². The van der Waals surface area contributed by atoms with Gasteiger partial charge in [-0.1, -0.05) is 19.3 Å². The number of nitro benzene ring substituents is 1. The molecule has 0 amide bonds. The van der Waals surface area contributed by atoms with E-state index in [9.17, 15) is 20.0 Å². The fraction of sp³-hybridized carbons (Fsp3) is 0.500. The molecule has 0 unspecified atom stereocenters. The lowest BCUT2D eigenvalue weighted by Crippen LogP contribution is -2.44. The largest absolute Gasteiger partial charge is 0.478 e. The fourth-order valence-electron chi connectivity index (χ4n) is 2.77. The first-order valence-corrected chi connectivity index (χ1v) is 6.88. The maximum absolute atomic E-state index is 11.1. The lowest BCUT2D eigenvalue weighted by atomic mass is 9.82. The molecule has 114 valence electrons. The fourth-order valence-corrected chi connectivity index (χ4v) is 2.77. The van der Waals surface area contributed by atoms with Crippen LogP contribution in [0.3, 0.4) is 0 Å². The minimum absolute atomic E-state index is 0.0213. The molecule has 0 saturated heterocycles. The number of aliphatic hydroxyl groups excluding tert-OH is 1. The lowest BCUT2D eigenvalue weighted by Gasteiger charge is -2.37. The van der Waals surface area contributed by atoms with Crippen LogP contribution in [0.15, 0.2) is 18.2 Å². The van der Waals surface area contributed by atoms with Gasteiger partial charge in [-0.2, -0.15) is 0 Å². The maximum atomic E-state index is 11.1. The number of aliphatic hydroxyl groups is 1. The Labute approximate surface area is 121 Å². The van der Waals surface area contributed by atoms with E-state index >= 15 is 0 Å². The number of carbonyl (C=O) groups is 1. The molecule has 1 saturated carbocycles. The number of carboxylic acid groups (broad SMARTS) is 1. The van der Waals surface area contributed by atoms with Crippen LogP contribution >= 0.6 is 0 Å². The van der Waals surface area contributed by atoms with Crippen LogP contribution in [0, 0.1) is 10.1 Å². The van der Waals surface area contributed by atoms with Gasteiger partial charge in [0.2, 0.25) is 0 Å². The summed E-state index contributed by atoms with van der Waals surface area (Å²) < 4.78 is 0. The SMILES string of the molecule is O=C(O)c1ccc([N+](=O)[O-])c(NC2(CO)CCCCC2)c1. The van der Waals surface area contributed by atoms with Crippen molar-refractivity contribution in [1.29, 1.82) is 0 Å². The molecule has 1 fully saturated rings. The first-order chi connectivity index (χ1) is 9.97. The van der Waals surface area contributed by atoms with Crippen molar-refractivity contribution in [3.8, 4) is 0 Å². The van der Waals surface area contributed by atoms with Crippen molar-refractivity contribution in [3.05, 3.63) is 33.9 Å². The topological polar surface area (TPSA) is 113 Å². The van der Waals surface area contributed by atoms with Crippen molar-refractivity contribution < 1.29 is 19.9 Å². The Hall–Kier alpha value is -2.15. The van der Waals surface area contributed by atoms with Gasteiger partial charge in [0.15, 0.2) is 0 Å². The third-order valence-corrected chi connectivity index (χ3v) is 3.95. The monoisotopic (exact) mass is 294 g/mol. The van der Waals surface area contributed by atoms with E-state index in [4.69, 9.17) is 5.11 Å². The van der Waals surface area contributed by atoms with Gasteiger partial charge in [0.25, 0.3) is 5.69 Å². The molecule has 7 nitrogen and oxygen atoms in total. The van der Waals surface area contributed by atoms with Gasteiger partial charge in [-0.3, -0.25) is 10.1 Å². The maximum Gasteiger partial charge on any atom is 0.335 e. The number of rotatable bonds is 5. The van der Waals surface area contributed by atoms with E-state index in [0.717, 1.165) is 19.3 Å². The molecule has 1 aliphatic rings.